The average Bonchev–Trinajstić information content (AvgIpc) is 3.21. The van der Waals surface area contributed by atoms with Gasteiger partial charge in [-0.1, -0.05) is 48.7 Å². The van der Waals surface area contributed by atoms with E-state index < -0.39 is 79.6 Å². The van der Waals surface area contributed by atoms with Gasteiger partial charge in [0.15, 0.2) is 22.1 Å². The molecule has 10 nitrogen and oxygen atoms in total. The summed E-state index contributed by atoms with van der Waals surface area (Å²) >= 11 is 11.4. The molecule has 0 aromatic heterocycles. The second-order valence-corrected chi connectivity index (χ2v) is 14.8. The summed E-state index contributed by atoms with van der Waals surface area (Å²) in [5.41, 5.74) is -5.94. The number of hydrogen-bond donors (Lipinski definition) is 4. The minimum Gasteiger partial charge on any atom is -0.390 e. The zero-order valence-corrected chi connectivity index (χ0v) is 27.2. The number of halogens is 3. The number of ketones is 2. The van der Waals surface area contributed by atoms with Crippen LogP contribution in [0.5, 0.6) is 0 Å². The number of nitro groups is 1. The van der Waals surface area contributed by atoms with Crippen LogP contribution < -0.4 is 5.32 Å². The molecule has 0 aliphatic heterocycles. The predicted octanol–water partition coefficient (Wildman–Crippen LogP) is 4.43. The lowest BCUT2D eigenvalue weighted by Crippen LogP contribution is -2.69. The predicted molar refractivity (Wildman–Crippen MR) is 167 cm³/mol. The third-order valence-electron chi connectivity index (χ3n) is 11.5. The molecular weight excluding hydrogens is 642 g/mol. The van der Waals surface area contributed by atoms with E-state index in [0.717, 1.165) is 0 Å². The molecule has 249 valence electrons. The molecule has 0 spiro atoms. The normalized spacial score (nSPS) is 37.9. The molecule has 1 amide bonds. The molecule has 46 heavy (non-hydrogen) atoms. The lowest BCUT2D eigenvalue weighted by atomic mass is 9.44. The van der Waals surface area contributed by atoms with E-state index in [1.807, 2.05) is 0 Å². The molecule has 1 aromatic rings. The van der Waals surface area contributed by atoms with E-state index >= 15 is 4.39 Å². The molecular formula is C33H38Cl2FN2O8. The molecule has 0 unspecified atom stereocenters. The zero-order valence-electron chi connectivity index (χ0n) is 25.7. The number of aliphatic hydroxyl groups excluding tert-OH is 2. The summed E-state index contributed by atoms with van der Waals surface area (Å²) < 4.78 is 17.5. The molecule has 4 aliphatic carbocycles. The van der Waals surface area contributed by atoms with Crippen LogP contribution in [0.2, 0.25) is 0 Å². The molecule has 5 rings (SSSR count). The number of amides is 1. The molecule has 10 atom stereocenters. The fraction of sp³-hybridized carbons (Fsp3) is 0.576. The van der Waals surface area contributed by atoms with Crippen LogP contribution in [0.15, 0.2) is 48.1 Å². The first-order chi connectivity index (χ1) is 21.4. The lowest BCUT2D eigenvalue weighted by molar-refractivity contribution is -0.384. The first kappa shape index (κ1) is 34.6. The zero-order chi connectivity index (χ0) is 34.0. The summed E-state index contributed by atoms with van der Waals surface area (Å²) in [7, 11) is 0. The highest BCUT2D eigenvalue weighted by Crippen LogP contribution is 2.70. The fourth-order valence-electron chi connectivity index (χ4n) is 9.00. The number of benzene rings is 1. The third-order valence-corrected chi connectivity index (χ3v) is 11.9. The van der Waals surface area contributed by atoms with Crippen LogP contribution in [0.1, 0.15) is 64.5 Å². The lowest BCUT2D eigenvalue weighted by Gasteiger charge is -2.62. The van der Waals surface area contributed by atoms with Gasteiger partial charge in [0.2, 0.25) is 0 Å². The Hall–Kier alpha value is -2.70. The summed E-state index contributed by atoms with van der Waals surface area (Å²) in [6.07, 6.45) is 3.12. The second kappa shape index (κ2) is 12.1. The number of allylic oxidation sites excluding steroid dienone is 4. The van der Waals surface area contributed by atoms with Crippen LogP contribution in [-0.4, -0.2) is 66.0 Å². The Labute approximate surface area is 276 Å². The SMILES string of the molecule is C[C@@H]1C[C@H]2[C@@H]3CCC4=CC(=O)C=C[C@]4(C)[C@@]3(F)[C@@H](O)C[C@]2(C)[C@@]1(O)C(=O)[CH]C[C@@H](NC(=O)C(Cl)Cl)[C@H](O)c1ccc([N+](=O)[O-])cc1. The summed E-state index contributed by atoms with van der Waals surface area (Å²) in [5.74, 6) is -3.57. The van der Waals surface area contributed by atoms with E-state index in [1.165, 1.54) is 42.8 Å². The molecule has 3 fully saturated rings. The summed E-state index contributed by atoms with van der Waals surface area (Å²) in [4.78, 5) is 47.6. The van der Waals surface area contributed by atoms with Crippen molar-refractivity contribution in [2.45, 2.75) is 87.2 Å². The van der Waals surface area contributed by atoms with Crippen LogP contribution in [0.25, 0.3) is 0 Å². The minimum atomic E-state index is -2.12. The number of fused-ring (bicyclic) bond motifs is 5. The molecule has 3 saturated carbocycles. The molecule has 4 N–H and O–H groups in total. The van der Waals surface area contributed by atoms with Gasteiger partial charge in [0.1, 0.15) is 5.60 Å². The molecule has 1 aromatic carbocycles. The number of carbonyl (C=O) groups is 3. The Balaban J connectivity index is 1.40. The van der Waals surface area contributed by atoms with Crippen molar-refractivity contribution in [2.24, 2.45) is 28.6 Å². The Morgan fingerprint density at radius 1 is 1.22 bits per heavy atom. The standard InChI is InChI=1S/C33H38Cl2FN2O8/c1-17-14-23-22-9-6-19-15-21(39)12-13-30(19,2)32(22,36)26(41)16-31(23,3)33(17,44)25(40)11-10-24(37-29(43)28(34)35)27(42)18-4-7-20(8-5-18)38(45)46/h4-5,7-8,11-13,15,17,22-24,26-28,41-42,44H,6,9-10,14,16H2,1-3H3,(H,37,43)/t17-,22+,23+,24-,26+,27-,30+,31+,32+,33+/m1/s1. The van der Waals surface area contributed by atoms with Crippen molar-refractivity contribution in [3.8, 4) is 0 Å². The van der Waals surface area contributed by atoms with Crippen LogP contribution in [0.3, 0.4) is 0 Å². The van der Waals surface area contributed by atoms with Gasteiger partial charge in [-0.3, -0.25) is 24.5 Å². The molecule has 0 saturated heterocycles. The highest BCUT2D eigenvalue weighted by Gasteiger charge is 2.75. The first-order valence-electron chi connectivity index (χ1n) is 15.3. The first-order valence-corrected chi connectivity index (χ1v) is 16.2. The van der Waals surface area contributed by atoms with Crippen molar-refractivity contribution < 1.29 is 39.0 Å². The van der Waals surface area contributed by atoms with Crippen molar-refractivity contribution >= 4 is 46.4 Å². The number of aliphatic hydroxyl groups is 3. The molecule has 1 radical (unpaired) electrons. The quantitative estimate of drug-likeness (QED) is 0.169. The van der Waals surface area contributed by atoms with E-state index in [9.17, 15) is 39.8 Å². The van der Waals surface area contributed by atoms with Gasteiger partial charge in [0.05, 0.1) is 23.2 Å². The monoisotopic (exact) mass is 679 g/mol. The van der Waals surface area contributed by atoms with Gasteiger partial charge >= 0.3 is 0 Å². The van der Waals surface area contributed by atoms with Gasteiger partial charge < -0.3 is 20.6 Å². The van der Waals surface area contributed by atoms with E-state index in [4.69, 9.17) is 23.2 Å². The van der Waals surface area contributed by atoms with E-state index in [0.29, 0.717) is 24.8 Å². The molecule has 0 heterocycles. The highest BCUT2D eigenvalue weighted by atomic mass is 35.5. The van der Waals surface area contributed by atoms with Gasteiger partial charge in [0, 0.05) is 35.3 Å². The second-order valence-electron chi connectivity index (χ2n) is 13.7. The van der Waals surface area contributed by atoms with Gasteiger partial charge in [-0.25, -0.2) is 4.39 Å². The Morgan fingerprint density at radius 3 is 2.48 bits per heavy atom. The topological polar surface area (TPSA) is 167 Å². The Morgan fingerprint density at radius 2 is 1.87 bits per heavy atom. The molecule has 0 bridgehead atoms. The Bertz CT molecular complexity index is 1500. The van der Waals surface area contributed by atoms with Gasteiger partial charge in [0.25, 0.3) is 11.6 Å². The average molecular weight is 681 g/mol. The number of nitrogens with zero attached hydrogens (tertiary/aromatic N) is 1. The van der Waals surface area contributed by atoms with Gasteiger partial charge in [-0.05, 0) is 80.7 Å². The maximum atomic E-state index is 17.5. The van der Waals surface area contributed by atoms with Gasteiger partial charge in [-0.2, -0.15) is 0 Å². The number of nitro benzene ring substituents is 1. The number of Topliss-reactive ketones (excluding diaryl/α,β-unsaturated/α-hetero) is 1. The van der Waals surface area contributed by atoms with Crippen LogP contribution in [0.4, 0.5) is 10.1 Å². The maximum absolute atomic E-state index is 17.5. The largest absolute Gasteiger partial charge is 0.390 e. The van der Waals surface area contributed by atoms with Crippen molar-refractivity contribution in [1.82, 2.24) is 5.32 Å². The highest BCUT2D eigenvalue weighted by molar-refractivity contribution is 6.53. The van der Waals surface area contributed by atoms with Crippen LogP contribution in [0, 0.1) is 45.1 Å². The van der Waals surface area contributed by atoms with E-state index in [-0.39, 0.29) is 29.9 Å². The van der Waals surface area contributed by atoms with Gasteiger partial charge in [-0.15, -0.1) is 0 Å². The number of hydrogen-bond acceptors (Lipinski definition) is 8. The van der Waals surface area contributed by atoms with Crippen molar-refractivity contribution in [3.05, 3.63) is 70.2 Å². The summed E-state index contributed by atoms with van der Waals surface area (Å²) in [6, 6.07) is 3.84. The number of alkyl halides is 3. The van der Waals surface area contributed by atoms with Crippen molar-refractivity contribution in [3.63, 3.8) is 0 Å². The van der Waals surface area contributed by atoms with Crippen LogP contribution in [-0.2, 0) is 14.4 Å². The number of nitrogens with one attached hydrogen (secondary N) is 1. The third kappa shape index (κ3) is 5.13. The van der Waals surface area contributed by atoms with Crippen molar-refractivity contribution in [1.29, 1.82) is 0 Å². The minimum absolute atomic E-state index is 0.207. The number of carbonyl (C=O) groups excluding carboxylic acids is 3. The smallest absolute Gasteiger partial charge is 0.269 e. The Kier molecular flexibility index (Phi) is 9.09. The number of rotatable bonds is 9. The summed E-state index contributed by atoms with van der Waals surface area (Å²) in [5, 5.41) is 48.5. The molecule has 4 aliphatic rings. The molecule has 13 heteroatoms. The van der Waals surface area contributed by atoms with Crippen LogP contribution >= 0.6 is 23.2 Å². The number of non-ortho nitro benzene ring substituents is 1. The fourth-order valence-corrected chi connectivity index (χ4v) is 9.13. The maximum Gasteiger partial charge on any atom is 0.269 e. The van der Waals surface area contributed by atoms with Crippen molar-refractivity contribution in [2.75, 3.05) is 0 Å². The van der Waals surface area contributed by atoms with E-state index in [1.54, 1.807) is 26.8 Å². The summed E-state index contributed by atoms with van der Waals surface area (Å²) in [6.45, 7) is 5.12. The van der Waals surface area contributed by atoms with E-state index in [2.05, 4.69) is 5.32 Å².